The van der Waals surface area contributed by atoms with Gasteiger partial charge in [0.2, 0.25) is 0 Å². The Hall–Kier alpha value is 0.360. The molecule has 1 aliphatic rings. The lowest BCUT2D eigenvalue weighted by atomic mass is 10.7. The molecule has 1 rings (SSSR count). The zero-order valence-corrected chi connectivity index (χ0v) is 5.55. The van der Waals surface area contributed by atoms with E-state index in [2.05, 4.69) is 9.47 Å². The molecule has 0 spiro atoms. The van der Waals surface area contributed by atoms with Crippen LogP contribution in [0.5, 0.6) is 0 Å². The first-order valence-corrected chi connectivity index (χ1v) is 2.75. The lowest BCUT2D eigenvalue weighted by molar-refractivity contribution is -0.103. The monoisotopic (exact) mass is 178 g/mol. The van der Waals surface area contributed by atoms with Crippen molar-refractivity contribution in [1.82, 2.24) is 0 Å². The summed E-state index contributed by atoms with van der Waals surface area (Å²) >= 11 is 9.48. The van der Waals surface area contributed by atoms with Crippen molar-refractivity contribution in [3.63, 3.8) is 0 Å². The van der Waals surface area contributed by atoms with Gasteiger partial charge in [0.15, 0.2) is 6.79 Å². The molecule has 0 aromatic carbocycles. The smallest absolute Gasteiger partial charge is 0.301 e. The molecule has 54 valence electrons. The van der Waals surface area contributed by atoms with E-state index in [1.54, 1.807) is 0 Å². The topological polar surface area (TPSA) is 18.5 Å². The highest BCUT2D eigenvalue weighted by molar-refractivity contribution is 6.32. The van der Waals surface area contributed by atoms with E-state index in [9.17, 15) is 8.78 Å². The van der Waals surface area contributed by atoms with Gasteiger partial charge in [0.25, 0.3) is 0 Å². The highest BCUT2D eigenvalue weighted by atomic mass is 35.5. The van der Waals surface area contributed by atoms with Crippen molar-refractivity contribution >= 4 is 23.2 Å². The van der Waals surface area contributed by atoms with Crippen LogP contribution in [0.15, 0.2) is 0 Å². The van der Waals surface area contributed by atoms with E-state index in [4.69, 9.17) is 23.2 Å². The second-order valence-corrected chi connectivity index (χ2v) is 2.41. The molecule has 0 unspecified atom stereocenters. The molecule has 2 atom stereocenters. The fourth-order valence-corrected chi connectivity index (χ4v) is 0.544. The molecular weight excluding hydrogens is 177 g/mol. The van der Waals surface area contributed by atoms with Gasteiger partial charge < -0.3 is 9.47 Å². The molecule has 0 aliphatic carbocycles. The third-order valence-electron chi connectivity index (χ3n) is 0.819. The predicted octanol–water partition coefficient (Wildman–Crippen LogP) is 1.71. The van der Waals surface area contributed by atoms with E-state index in [1.165, 1.54) is 0 Å². The van der Waals surface area contributed by atoms with Gasteiger partial charge in [0.05, 0.1) is 0 Å². The van der Waals surface area contributed by atoms with E-state index < -0.39 is 17.4 Å². The second kappa shape index (κ2) is 1.92. The van der Waals surface area contributed by atoms with Gasteiger partial charge in [-0.2, -0.15) is 8.78 Å². The standard InChI is InChI=1S/C3H2Cl2F2O2/c4-2(6)3(5,7)9-1-8-2/h1H2/t2-,3+. The summed E-state index contributed by atoms with van der Waals surface area (Å²) in [6.45, 7) is -0.583. The average molecular weight is 179 g/mol. The summed E-state index contributed by atoms with van der Waals surface area (Å²) in [5.74, 6) is 0. The number of ether oxygens (including phenoxy) is 2. The van der Waals surface area contributed by atoms with Crippen molar-refractivity contribution in [3.8, 4) is 0 Å². The summed E-state index contributed by atoms with van der Waals surface area (Å²) in [6, 6.07) is 0. The van der Waals surface area contributed by atoms with E-state index >= 15 is 0 Å². The summed E-state index contributed by atoms with van der Waals surface area (Å²) in [7, 11) is 0. The molecule has 1 aliphatic heterocycles. The lowest BCUT2D eigenvalue weighted by Crippen LogP contribution is -2.34. The Morgan fingerprint density at radius 3 is 1.56 bits per heavy atom. The Morgan fingerprint density at radius 2 is 1.44 bits per heavy atom. The highest BCUT2D eigenvalue weighted by Gasteiger charge is 2.59. The summed E-state index contributed by atoms with van der Waals surface area (Å²) in [4.78, 5) is 0. The predicted molar refractivity (Wildman–Crippen MR) is 26.4 cm³/mol. The molecule has 0 saturated carbocycles. The normalized spacial score (nSPS) is 52.0. The van der Waals surface area contributed by atoms with E-state index in [1.807, 2.05) is 0 Å². The van der Waals surface area contributed by atoms with Crippen molar-refractivity contribution in [2.75, 3.05) is 6.79 Å². The van der Waals surface area contributed by atoms with Crippen LogP contribution in [0.25, 0.3) is 0 Å². The quantitative estimate of drug-likeness (QED) is 0.527. The SMILES string of the molecule is F[C@]1(Cl)OCO[C@@]1(F)Cl. The zero-order chi connectivity index (χ0) is 7.12. The number of hydrogen-bond acceptors (Lipinski definition) is 2. The van der Waals surface area contributed by atoms with Crippen LogP contribution in [-0.2, 0) is 9.47 Å². The van der Waals surface area contributed by atoms with Crippen molar-refractivity contribution in [1.29, 1.82) is 0 Å². The van der Waals surface area contributed by atoms with Gasteiger partial charge in [-0.25, -0.2) is 0 Å². The molecule has 0 N–H and O–H groups in total. The van der Waals surface area contributed by atoms with E-state index in [-0.39, 0.29) is 0 Å². The molecule has 2 nitrogen and oxygen atoms in total. The molecule has 0 bridgehead atoms. The molecule has 1 heterocycles. The number of rotatable bonds is 0. The van der Waals surface area contributed by atoms with Crippen LogP contribution in [0.2, 0.25) is 0 Å². The van der Waals surface area contributed by atoms with Crippen LogP contribution in [0.3, 0.4) is 0 Å². The van der Waals surface area contributed by atoms with Crippen LogP contribution in [0, 0.1) is 0 Å². The molecule has 0 radical (unpaired) electrons. The maximum Gasteiger partial charge on any atom is 0.363 e. The Kier molecular flexibility index (Phi) is 1.59. The van der Waals surface area contributed by atoms with Crippen molar-refractivity contribution in [2.45, 2.75) is 10.6 Å². The Morgan fingerprint density at radius 1 is 1.11 bits per heavy atom. The minimum atomic E-state index is -3.06. The minimum Gasteiger partial charge on any atom is -0.301 e. The van der Waals surface area contributed by atoms with Crippen LogP contribution < -0.4 is 0 Å². The van der Waals surface area contributed by atoms with Gasteiger partial charge in [-0.15, -0.1) is 0 Å². The zero-order valence-electron chi connectivity index (χ0n) is 4.04. The van der Waals surface area contributed by atoms with Gasteiger partial charge in [-0.1, -0.05) is 0 Å². The van der Waals surface area contributed by atoms with Crippen LogP contribution in [-0.4, -0.2) is 17.4 Å². The first-order valence-electron chi connectivity index (χ1n) is 1.99. The summed E-state index contributed by atoms with van der Waals surface area (Å²) in [5, 5.41) is -6.12. The number of hydrogen-bond donors (Lipinski definition) is 0. The fraction of sp³-hybridized carbons (Fsp3) is 1.00. The van der Waals surface area contributed by atoms with E-state index in [0.717, 1.165) is 0 Å². The first kappa shape index (κ1) is 7.47. The molecule has 9 heavy (non-hydrogen) atoms. The molecule has 1 saturated heterocycles. The average Bonchev–Trinajstić information content (AvgIpc) is 1.81. The Bertz CT molecular complexity index is 113. The summed E-state index contributed by atoms with van der Waals surface area (Å²) in [6.07, 6.45) is 0. The molecule has 6 heteroatoms. The van der Waals surface area contributed by atoms with Crippen molar-refractivity contribution in [3.05, 3.63) is 0 Å². The van der Waals surface area contributed by atoms with Crippen LogP contribution in [0.4, 0.5) is 8.78 Å². The largest absolute Gasteiger partial charge is 0.363 e. The van der Waals surface area contributed by atoms with Gasteiger partial charge in [0.1, 0.15) is 0 Å². The van der Waals surface area contributed by atoms with Crippen molar-refractivity contribution < 1.29 is 18.3 Å². The number of halogens is 4. The summed E-state index contributed by atoms with van der Waals surface area (Å²) in [5.41, 5.74) is 0. The molecule has 0 aromatic heterocycles. The Balaban J connectivity index is 2.75. The van der Waals surface area contributed by atoms with Crippen LogP contribution >= 0.6 is 23.2 Å². The maximum atomic E-state index is 12.3. The molecule has 1 fully saturated rings. The van der Waals surface area contributed by atoms with Crippen molar-refractivity contribution in [2.24, 2.45) is 0 Å². The molecule has 0 aromatic rings. The van der Waals surface area contributed by atoms with Crippen LogP contribution in [0.1, 0.15) is 0 Å². The molecule has 0 amide bonds. The third kappa shape index (κ3) is 1.12. The fourth-order valence-electron chi connectivity index (χ4n) is 0.346. The first-order chi connectivity index (χ1) is 3.96. The highest BCUT2D eigenvalue weighted by Crippen LogP contribution is 2.44. The summed E-state index contributed by atoms with van der Waals surface area (Å²) < 4.78 is 32.5. The molecular formula is C3H2Cl2F2O2. The van der Waals surface area contributed by atoms with Gasteiger partial charge in [-0.3, -0.25) is 0 Å². The Labute approximate surface area is 59.6 Å². The van der Waals surface area contributed by atoms with Gasteiger partial charge in [-0.05, 0) is 23.2 Å². The second-order valence-electron chi connectivity index (χ2n) is 1.44. The lowest BCUT2D eigenvalue weighted by Gasteiger charge is -2.16. The van der Waals surface area contributed by atoms with Gasteiger partial charge in [0, 0.05) is 0 Å². The van der Waals surface area contributed by atoms with Gasteiger partial charge >= 0.3 is 10.6 Å². The number of alkyl halides is 4. The third-order valence-corrected chi connectivity index (χ3v) is 1.62. The minimum absolute atomic E-state index is 0.583. The van der Waals surface area contributed by atoms with E-state index in [0.29, 0.717) is 0 Å². The maximum absolute atomic E-state index is 12.3.